The number of nitrogens with one attached hydrogen (secondary N) is 1. The van der Waals surface area contributed by atoms with Gasteiger partial charge in [0.2, 0.25) is 0 Å². The molecule has 0 bridgehead atoms. The van der Waals surface area contributed by atoms with Crippen molar-refractivity contribution in [3.05, 3.63) is 22.2 Å². The molecule has 1 aromatic rings. The van der Waals surface area contributed by atoms with Gasteiger partial charge in [0.25, 0.3) is 0 Å². The molecular formula is C9H11BrN2O2. The Bertz CT molecular complexity index is 343. The lowest BCUT2D eigenvalue weighted by Crippen LogP contribution is -2.22. The molecule has 0 saturated heterocycles. The Morgan fingerprint density at radius 2 is 2.21 bits per heavy atom. The second-order valence-electron chi connectivity index (χ2n) is 2.78. The highest BCUT2D eigenvalue weighted by Crippen LogP contribution is 2.29. The smallest absolute Gasteiger partial charge is 0.408 e. The van der Waals surface area contributed by atoms with Crippen LogP contribution in [-0.4, -0.2) is 13.1 Å². The first-order valence-electron chi connectivity index (χ1n) is 3.99. The molecule has 1 aromatic carbocycles. The minimum absolute atomic E-state index is 0.396. The van der Waals surface area contributed by atoms with Crippen LogP contribution in [0.4, 0.5) is 10.5 Å². The van der Waals surface area contributed by atoms with Crippen LogP contribution in [0.25, 0.3) is 0 Å². The van der Waals surface area contributed by atoms with E-state index in [2.05, 4.69) is 21.2 Å². The Morgan fingerprint density at radius 1 is 1.57 bits per heavy atom. The summed E-state index contributed by atoms with van der Waals surface area (Å²) in [5, 5.41) is 2.35. The number of aryl methyl sites for hydroxylation is 1. The lowest BCUT2D eigenvalue weighted by molar-refractivity contribution is 0.203. The van der Waals surface area contributed by atoms with Gasteiger partial charge in [-0.15, -0.1) is 0 Å². The summed E-state index contributed by atoms with van der Waals surface area (Å²) in [7, 11) is 1.49. The zero-order chi connectivity index (χ0) is 10.7. The Morgan fingerprint density at radius 3 is 2.71 bits per heavy atom. The number of amides is 1. The zero-order valence-electron chi connectivity index (χ0n) is 7.93. The van der Waals surface area contributed by atoms with Crippen molar-refractivity contribution in [1.82, 2.24) is 5.32 Å². The minimum Gasteiger partial charge on any atom is -0.408 e. The van der Waals surface area contributed by atoms with E-state index in [0.29, 0.717) is 11.4 Å². The number of nitrogens with two attached hydrogens (primary N) is 1. The van der Waals surface area contributed by atoms with Crippen molar-refractivity contribution in [3.63, 3.8) is 0 Å². The Kier molecular flexibility index (Phi) is 3.35. The summed E-state index contributed by atoms with van der Waals surface area (Å²) in [5.74, 6) is 0.396. The van der Waals surface area contributed by atoms with Crippen molar-refractivity contribution in [1.29, 1.82) is 0 Å². The van der Waals surface area contributed by atoms with E-state index in [1.54, 1.807) is 6.07 Å². The van der Waals surface area contributed by atoms with E-state index in [9.17, 15) is 4.79 Å². The van der Waals surface area contributed by atoms with Crippen LogP contribution in [0.1, 0.15) is 5.56 Å². The van der Waals surface area contributed by atoms with Gasteiger partial charge in [-0.2, -0.15) is 0 Å². The third-order valence-corrected chi connectivity index (χ3v) is 2.12. The monoisotopic (exact) mass is 258 g/mol. The Balaban J connectivity index is 3.02. The molecule has 0 heterocycles. The van der Waals surface area contributed by atoms with Gasteiger partial charge < -0.3 is 15.8 Å². The van der Waals surface area contributed by atoms with Crippen LogP contribution < -0.4 is 15.8 Å². The van der Waals surface area contributed by atoms with Crippen molar-refractivity contribution < 1.29 is 9.53 Å². The van der Waals surface area contributed by atoms with Gasteiger partial charge in [-0.1, -0.05) is 15.9 Å². The number of halogens is 1. The molecule has 5 heteroatoms. The van der Waals surface area contributed by atoms with Gasteiger partial charge in [0, 0.05) is 11.5 Å². The third-order valence-electron chi connectivity index (χ3n) is 1.67. The summed E-state index contributed by atoms with van der Waals surface area (Å²) >= 11 is 3.29. The molecule has 0 fully saturated rings. The van der Waals surface area contributed by atoms with Gasteiger partial charge in [0.05, 0.1) is 5.69 Å². The Labute approximate surface area is 90.6 Å². The summed E-state index contributed by atoms with van der Waals surface area (Å²) in [6, 6.07) is 3.51. The van der Waals surface area contributed by atoms with Crippen molar-refractivity contribution in [2.75, 3.05) is 12.8 Å². The number of carbonyl (C=O) groups is 1. The van der Waals surface area contributed by atoms with Crippen molar-refractivity contribution in [2.45, 2.75) is 6.92 Å². The largest absolute Gasteiger partial charge is 0.412 e. The molecule has 3 N–H and O–H groups in total. The van der Waals surface area contributed by atoms with E-state index in [0.717, 1.165) is 10.0 Å². The van der Waals surface area contributed by atoms with E-state index >= 15 is 0 Å². The second-order valence-corrected chi connectivity index (χ2v) is 3.70. The lowest BCUT2D eigenvalue weighted by atomic mass is 10.2. The number of rotatable bonds is 1. The summed E-state index contributed by atoms with van der Waals surface area (Å²) in [4.78, 5) is 11.0. The number of nitrogen functional groups attached to an aromatic ring is 1. The normalized spacial score (nSPS) is 9.64. The molecule has 0 aromatic heterocycles. The maximum atomic E-state index is 11.0. The molecule has 0 unspecified atom stereocenters. The number of anilines is 1. The molecule has 0 saturated carbocycles. The molecule has 0 aliphatic carbocycles. The first-order chi connectivity index (χ1) is 6.54. The first-order valence-corrected chi connectivity index (χ1v) is 4.79. The third kappa shape index (κ3) is 2.38. The van der Waals surface area contributed by atoms with Crippen LogP contribution in [0.5, 0.6) is 5.75 Å². The van der Waals surface area contributed by atoms with Gasteiger partial charge in [-0.05, 0) is 24.6 Å². The van der Waals surface area contributed by atoms with Crippen LogP contribution in [0, 0.1) is 6.92 Å². The maximum Gasteiger partial charge on any atom is 0.412 e. The van der Waals surface area contributed by atoms with Gasteiger partial charge in [-0.25, -0.2) is 4.79 Å². The average molecular weight is 259 g/mol. The van der Waals surface area contributed by atoms with Crippen LogP contribution >= 0.6 is 15.9 Å². The molecule has 4 nitrogen and oxygen atoms in total. The van der Waals surface area contributed by atoms with Gasteiger partial charge >= 0.3 is 6.09 Å². The van der Waals surface area contributed by atoms with Gasteiger partial charge in [-0.3, -0.25) is 0 Å². The quantitative estimate of drug-likeness (QED) is 0.758. The van der Waals surface area contributed by atoms with Crippen LogP contribution in [-0.2, 0) is 0 Å². The molecule has 0 radical (unpaired) electrons. The highest BCUT2D eigenvalue weighted by Gasteiger charge is 2.09. The predicted octanol–water partition coefficient (Wildman–Crippen LogP) is 2.06. The molecule has 14 heavy (non-hydrogen) atoms. The molecule has 1 rings (SSSR count). The summed E-state index contributed by atoms with van der Waals surface area (Å²) < 4.78 is 5.84. The second kappa shape index (κ2) is 4.32. The molecular weight excluding hydrogens is 248 g/mol. The minimum atomic E-state index is -0.526. The average Bonchev–Trinajstić information content (AvgIpc) is 2.10. The zero-order valence-corrected chi connectivity index (χ0v) is 9.51. The summed E-state index contributed by atoms with van der Waals surface area (Å²) in [6.07, 6.45) is -0.526. The lowest BCUT2D eigenvalue weighted by Gasteiger charge is -2.09. The molecule has 0 spiro atoms. The van der Waals surface area contributed by atoms with E-state index in [4.69, 9.17) is 10.5 Å². The van der Waals surface area contributed by atoms with Crippen molar-refractivity contribution in [3.8, 4) is 5.75 Å². The molecule has 0 atom stereocenters. The van der Waals surface area contributed by atoms with Crippen molar-refractivity contribution in [2.24, 2.45) is 0 Å². The number of ether oxygens (including phenoxy) is 1. The summed E-state index contributed by atoms with van der Waals surface area (Å²) in [5.41, 5.74) is 6.93. The van der Waals surface area contributed by atoms with Crippen LogP contribution in [0.2, 0.25) is 0 Å². The highest BCUT2D eigenvalue weighted by molar-refractivity contribution is 9.10. The van der Waals surface area contributed by atoms with E-state index < -0.39 is 6.09 Å². The number of carbonyl (C=O) groups excluding carboxylic acids is 1. The standard InChI is InChI=1S/C9H11BrN2O2/c1-5-3-6(10)4-7(11)8(5)14-9(13)12-2/h3-4H,11H2,1-2H3,(H,12,13). The number of hydrogen-bond acceptors (Lipinski definition) is 3. The van der Waals surface area contributed by atoms with E-state index in [1.165, 1.54) is 7.05 Å². The SMILES string of the molecule is CNC(=O)Oc1c(C)cc(Br)cc1N. The fourth-order valence-electron chi connectivity index (χ4n) is 1.04. The highest BCUT2D eigenvalue weighted by atomic mass is 79.9. The number of benzene rings is 1. The molecule has 0 aliphatic heterocycles. The van der Waals surface area contributed by atoms with Gasteiger partial charge in [0.1, 0.15) is 0 Å². The molecule has 76 valence electrons. The van der Waals surface area contributed by atoms with Crippen molar-refractivity contribution >= 4 is 27.7 Å². The summed E-state index contributed by atoms with van der Waals surface area (Å²) in [6.45, 7) is 1.82. The van der Waals surface area contributed by atoms with E-state index in [1.807, 2.05) is 13.0 Å². The van der Waals surface area contributed by atoms with E-state index in [-0.39, 0.29) is 0 Å². The first kappa shape index (κ1) is 10.8. The molecule has 0 aliphatic rings. The fraction of sp³-hybridized carbons (Fsp3) is 0.222. The molecule has 1 amide bonds. The van der Waals surface area contributed by atoms with Gasteiger partial charge in [0.15, 0.2) is 5.75 Å². The predicted molar refractivity (Wildman–Crippen MR) is 58.4 cm³/mol. The topological polar surface area (TPSA) is 64.3 Å². The Hall–Kier alpha value is -1.23. The number of hydrogen-bond donors (Lipinski definition) is 2. The van der Waals surface area contributed by atoms with Crippen LogP contribution in [0.3, 0.4) is 0 Å². The fourth-order valence-corrected chi connectivity index (χ4v) is 1.63. The van der Waals surface area contributed by atoms with Crippen LogP contribution in [0.15, 0.2) is 16.6 Å². The maximum absolute atomic E-state index is 11.0.